The number of carboxylic acids is 1. The van der Waals surface area contributed by atoms with Gasteiger partial charge in [-0.25, -0.2) is 4.79 Å². The van der Waals surface area contributed by atoms with Crippen LogP contribution in [0.1, 0.15) is 34.6 Å². The van der Waals surface area contributed by atoms with Crippen LogP contribution in [-0.2, 0) is 9.53 Å². The summed E-state index contributed by atoms with van der Waals surface area (Å²) in [5.74, 6) is -0.942. The van der Waals surface area contributed by atoms with E-state index < -0.39 is 23.1 Å². The molecule has 0 aliphatic rings. The van der Waals surface area contributed by atoms with Gasteiger partial charge in [-0.3, -0.25) is 4.79 Å². The molecule has 0 fully saturated rings. The fourth-order valence-electron chi connectivity index (χ4n) is 1.06. The molecule has 5 heteroatoms. The number of aliphatic carboxylic acids is 1. The van der Waals surface area contributed by atoms with Crippen molar-refractivity contribution in [3.05, 3.63) is 0 Å². The van der Waals surface area contributed by atoms with Crippen molar-refractivity contribution >= 4 is 12.1 Å². The van der Waals surface area contributed by atoms with Crippen molar-refractivity contribution in [1.29, 1.82) is 0 Å². The highest BCUT2D eigenvalue weighted by molar-refractivity contribution is 5.75. The second-order valence-corrected chi connectivity index (χ2v) is 5.53. The van der Waals surface area contributed by atoms with Crippen LogP contribution >= 0.6 is 0 Å². The van der Waals surface area contributed by atoms with Gasteiger partial charge in [0.05, 0.1) is 5.41 Å². The van der Waals surface area contributed by atoms with E-state index in [0.717, 1.165) is 0 Å². The van der Waals surface area contributed by atoms with Gasteiger partial charge in [-0.15, -0.1) is 0 Å². The molecule has 0 aromatic heterocycles. The van der Waals surface area contributed by atoms with Crippen molar-refractivity contribution in [3.63, 3.8) is 0 Å². The lowest BCUT2D eigenvalue weighted by molar-refractivity contribution is -0.147. The molecule has 0 aliphatic heterocycles. The molecular weight excluding hydrogens is 210 g/mol. The maximum atomic E-state index is 11.6. The van der Waals surface area contributed by atoms with Gasteiger partial charge in [-0.2, -0.15) is 0 Å². The Bertz CT molecular complexity index is 278. The first-order valence-corrected chi connectivity index (χ1v) is 5.13. The Morgan fingerprint density at radius 3 is 1.94 bits per heavy atom. The van der Waals surface area contributed by atoms with Crippen LogP contribution in [0.15, 0.2) is 0 Å². The fraction of sp³-hybridized carbons (Fsp3) is 0.818. The molecule has 1 amide bonds. The molecule has 5 nitrogen and oxygen atoms in total. The smallest absolute Gasteiger partial charge is 0.410 e. The second-order valence-electron chi connectivity index (χ2n) is 5.53. The van der Waals surface area contributed by atoms with Gasteiger partial charge in [-0.1, -0.05) is 0 Å². The highest BCUT2D eigenvalue weighted by atomic mass is 16.6. The average molecular weight is 231 g/mol. The summed E-state index contributed by atoms with van der Waals surface area (Å²) in [5, 5.41) is 8.93. The molecule has 0 spiro atoms. The zero-order valence-electron chi connectivity index (χ0n) is 10.8. The molecule has 0 aromatic carbocycles. The largest absolute Gasteiger partial charge is 0.481 e. The highest BCUT2D eigenvalue weighted by Gasteiger charge is 2.31. The summed E-state index contributed by atoms with van der Waals surface area (Å²) in [5.41, 5.74) is -1.55. The summed E-state index contributed by atoms with van der Waals surface area (Å²) in [6, 6.07) is 0. The summed E-state index contributed by atoms with van der Waals surface area (Å²) in [6.07, 6.45) is -0.512. The summed E-state index contributed by atoms with van der Waals surface area (Å²) >= 11 is 0. The van der Waals surface area contributed by atoms with E-state index in [9.17, 15) is 9.59 Å². The number of ether oxygens (including phenoxy) is 1. The van der Waals surface area contributed by atoms with Crippen molar-refractivity contribution in [2.24, 2.45) is 5.41 Å². The summed E-state index contributed by atoms with van der Waals surface area (Å²) in [4.78, 5) is 23.7. The van der Waals surface area contributed by atoms with E-state index in [1.54, 1.807) is 34.6 Å². The van der Waals surface area contributed by atoms with Crippen molar-refractivity contribution in [3.8, 4) is 0 Å². The third-order valence-corrected chi connectivity index (χ3v) is 1.92. The Morgan fingerprint density at radius 1 is 1.19 bits per heavy atom. The lowest BCUT2D eigenvalue weighted by Crippen LogP contribution is -2.42. The van der Waals surface area contributed by atoms with Gasteiger partial charge >= 0.3 is 12.1 Å². The summed E-state index contributed by atoms with van der Waals surface area (Å²) in [6.45, 7) is 8.53. The summed E-state index contributed by atoms with van der Waals surface area (Å²) < 4.78 is 5.12. The third-order valence-electron chi connectivity index (χ3n) is 1.92. The number of carbonyl (C=O) groups is 2. The molecule has 0 aliphatic carbocycles. The number of carbonyl (C=O) groups excluding carboxylic acids is 1. The molecule has 0 unspecified atom stereocenters. The van der Waals surface area contributed by atoms with Crippen molar-refractivity contribution < 1.29 is 19.4 Å². The van der Waals surface area contributed by atoms with Crippen LogP contribution in [0.3, 0.4) is 0 Å². The Balaban J connectivity index is 4.43. The molecule has 0 saturated carbocycles. The van der Waals surface area contributed by atoms with Crippen LogP contribution in [0, 0.1) is 5.41 Å². The molecule has 0 saturated heterocycles. The number of amides is 1. The highest BCUT2D eigenvalue weighted by Crippen LogP contribution is 2.18. The minimum Gasteiger partial charge on any atom is -0.481 e. The molecule has 0 radical (unpaired) electrons. The van der Waals surface area contributed by atoms with E-state index >= 15 is 0 Å². The molecular formula is C11H21NO4. The zero-order chi connectivity index (χ0) is 13.1. The van der Waals surface area contributed by atoms with Gasteiger partial charge in [0.2, 0.25) is 0 Å². The van der Waals surface area contributed by atoms with E-state index in [1.807, 2.05) is 0 Å². The molecule has 1 N–H and O–H groups in total. The van der Waals surface area contributed by atoms with Crippen LogP contribution in [0.5, 0.6) is 0 Å². The number of hydrogen-bond acceptors (Lipinski definition) is 3. The first-order valence-electron chi connectivity index (χ1n) is 5.13. The SMILES string of the molecule is CN(CC(C)(C)C(=O)O)C(=O)OC(C)(C)C. The first kappa shape index (κ1) is 14.7. The Labute approximate surface area is 96.4 Å². The van der Waals surface area contributed by atoms with Crippen molar-refractivity contribution in [2.75, 3.05) is 13.6 Å². The van der Waals surface area contributed by atoms with Crippen LogP contribution in [0.4, 0.5) is 4.79 Å². The van der Waals surface area contributed by atoms with Crippen LogP contribution in [-0.4, -0.2) is 41.3 Å². The average Bonchev–Trinajstić information content (AvgIpc) is 1.99. The molecule has 0 atom stereocenters. The number of carboxylic acid groups (broad SMARTS) is 1. The molecule has 16 heavy (non-hydrogen) atoms. The minimum atomic E-state index is -0.981. The van der Waals surface area contributed by atoms with Crippen LogP contribution in [0.25, 0.3) is 0 Å². The number of nitrogens with zero attached hydrogens (tertiary/aromatic N) is 1. The molecule has 94 valence electrons. The lowest BCUT2D eigenvalue weighted by atomic mass is 9.93. The van der Waals surface area contributed by atoms with Crippen LogP contribution in [0.2, 0.25) is 0 Å². The Hall–Kier alpha value is -1.26. The van der Waals surface area contributed by atoms with Crippen molar-refractivity contribution in [2.45, 2.75) is 40.2 Å². The Morgan fingerprint density at radius 2 is 1.62 bits per heavy atom. The molecule has 0 bridgehead atoms. The standard InChI is InChI=1S/C11H21NO4/c1-10(2,3)16-9(15)12(6)7-11(4,5)8(13)14/h7H2,1-6H3,(H,13,14). The monoisotopic (exact) mass is 231 g/mol. The minimum absolute atomic E-state index is 0.108. The number of hydrogen-bond donors (Lipinski definition) is 1. The number of rotatable bonds is 3. The maximum absolute atomic E-state index is 11.6. The molecule has 0 aromatic rings. The lowest BCUT2D eigenvalue weighted by Gasteiger charge is -2.29. The fourth-order valence-corrected chi connectivity index (χ4v) is 1.06. The van der Waals surface area contributed by atoms with Gasteiger partial charge < -0.3 is 14.7 Å². The van der Waals surface area contributed by atoms with E-state index in [4.69, 9.17) is 9.84 Å². The van der Waals surface area contributed by atoms with Crippen molar-refractivity contribution in [1.82, 2.24) is 4.90 Å². The van der Waals surface area contributed by atoms with E-state index in [2.05, 4.69) is 0 Å². The normalized spacial score (nSPS) is 12.1. The topological polar surface area (TPSA) is 66.8 Å². The Kier molecular flexibility index (Phi) is 4.35. The summed E-state index contributed by atoms with van der Waals surface area (Å²) in [7, 11) is 1.53. The third kappa shape index (κ3) is 5.00. The van der Waals surface area contributed by atoms with E-state index in [0.29, 0.717) is 0 Å². The molecule has 0 heterocycles. The van der Waals surface area contributed by atoms with Gasteiger partial charge in [0, 0.05) is 13.6 Å². The van der Waals surface area contributed by atoms with Gasteiger partial charge in [-0.05, 0) is 34.6 Å². The molecule has 0 rings (SSSR count). The van der Waals surface area contributed by atoms with Gasteiger partial charge in [0.1, 0.15) is 5.60 Å². The maximum Gasteiger partial charge on any atom is 0.410 e. The zero-order valence-corrected chi connectivity index (χ0v) is 10.8. The van der Waals surface area contributed by atoms with E-state index in [1.165, 1.54) is 11.9 Å². The van der Waals surface area contributed by atoms with Gasteiger partial charge in [0.25, 0.3) is 0 Å². The predicted octanol–water partition coefficient (Wildman–Crippen LogP) is 1.96. The quantitative estimate of drug-likeness (QED) is 0.806. The van der Waals surface area contributed by atoms with Gasteiger partial charge in [0.15, 0.2) is 0 Å². The predicted molar refractivity (Wildman–Crippen MR) is 60.3 cm³/mol. The van der Waals surface area contributed by atoms with Crippen LogP contribution < -0.4 is 0 Å². The second kappa shape index (κ2) is 4.72. The van der Waals surface area contributed by atoms with E-state index in [-0.39, 0.29) is 6.54 Å². The first-order chi connectivity index (χ1) is 6.96.